The van der Waals surface area contributed by atoms with Crippen molar-refractivity contribution < 1.29 is 9.59 Å². The van der Waals surface area contributed by atoms with Crippen LogP contribution in [0.15, 0.2) is 48.6 Å². The van der Waals surface area contributed by atoms with Gasteiger partial charge in [-0.15, -0.1) is 0 Å². The molecule has 3 heteroatoms. The zero-order valence-corrected chi connectivity index (χ0v) is 14.1. The lowest BCUT2D eigenvalue weighted by Gasteiger charge is -2.34. The minimum absolute atomic E-state index is 0.0129. The Labute approximate surface area is 133 Å². The van der Waals surface area contributed by atoms with Gasteiger partial charge in [0, 0.05) is 18.5 Å². The molecular formula is C19H25NO2. The van der Waals surface area contributed by atoms with E-state index >= 15 is 0 Å². The number of carbonyl (C=O) groups excluding carboxylic acids is 2. The summed E-state index contributed by atoms with van der Waals surface area (Å²) in [6.45, 7) is 11.2. The third-order valence-corrected chi connectivity index (χ3v) is 4.06. The van der Waals surface area contributed by atoms with Crippen molar-refractivity contribution in [3.8, 4) is 0 Å². The SMILES string of the molecule is C=C/C(=C\C)C(c1cccc(C(C)=O)c1)C(C)(C)C(=O)NC. The molecule has 0 saturated carbocycles. The number of hydrogen-bond acceptors (Lipinski definition) is 2. The number of rotatable bonds is 6. The fraction of sp³-hybridized carbons (Fsp3) is 0.368. The summed E-state index contributed by atoms with van der Waals surface area (Å²) in [6.07, 6.45) is 3.73. The Morgan fingerprint density at radius 2 is 1.95 bits per heavy atom. The number of Topliss-reactive ketones (excluding diaryl/α,β-unsaturated/α-hetero) is 1. The molecule has 1 atom stereocenters. The van der Waals surface area contributed by atoms with Gasteiger partial charge >= 0.3 is 0 Å². The normalized spacial score (nSPS) is 13.4. The van der Waals surface area contributed by atoms with Crippen molar-refractivity contribution in [1.82, 2.24) is 5.32 Å². The lowest BCUT2D eigenvalue weighted by atomic mass is 9.70. The molecule has 0 aliphatic heterocycles. The average Bonchev–Trinajstić information content (AvgIpc) is 2.51. The van der Waals surface area contributed by atoms with Crippen molar-refractivity contribution >= 4 is 11.7 Å². The fourth-order valence-electron chi connectivity index (χ4n) is 2.82. The summed E-state index contributed by atoms with van der Waals surface area (Å²) >= 11 is 0. The Balaban J connectivity index is 3.52. The monoisotopic (exact) mass is 299 g/mol. The molecule has 0 heterocycles. The lowest BCUT2D eigenvalue weighted by Crippen LogP contribution is -2.39. The molecular weight excluding hydrogens is 274 g/mol. The van der Waals surface area contributed by atoms with Crippen LogP contribution in [0.1, 0.15) is 49.5 Å². The van der Waals surface area contributed by atoms with Gasteiger partial charge in [0.2, 0.25) is 5.91 Å². The van der Waals surface area contributed by atoms with Gasteiger partial charge < -0.3 is 5.32 Å². The summed E-state index contributed by atoms with van der Waals surface area (Å²) in [5.74, 6) is -0.208. The van der Waals surface area contributed by atoms with Crippen molar-refractivity contribution in [3.05, 3.63) is 59.7 Å². The van der Waals surface area contributed by atoms with Crippen LogP contribution in [0.2, 0.25) is 0 Å². The van der Waals surface area contributed by atoms with Crippen LogP contribution in [0.4, 0.5) is 0 Å². The average molecular weight is 299 g/mol. The third kappa shape index (κ3) is 3.53. The summed E-state index contributed by atoms with van der Waals surface area (Å²) < 4.78 is 0. The molecule has 3 nitrogen and oxygen atoms in total. The predicted octanol–water partition coefficient (Wildman–Crippen LogP) is 3.88. The Bertz CT molecular complexity index is 612. The number of carbonyl (C=O) groups is 2. The highest BCUT2D eigenvalue weighted by molar-refractivity contribution is 5.94. The maximum absolute atomic E-state index is 12.4. The van der Waals surface area contributed by atoms with Crippen LogP contribution < -0.4 is 5.32 Å². The van der Waals surface area contributed by atoms with Crippen LogP contribution in [0, 0.1) is 5.41 Å². The van der Waals surface area contributed by atoms with Gasteiger partial charge in [-0.05, 0) is 31.1 Å². The highest BCUT2D eigenvalue weighted by Crippen LogP contribution is 2.42. The van der Waals surface area contributed by atoms with Crippen molar-refractivity contribution in [3.63, 3.8) is 0 Å². The number of amides is 1. The van der Waals surface area contributed by atoms with Gasteiger partial charge in [-0.25, -0.2) is 0 Å². The molecule has 1 unspecified atom stereocenters. The van der Waals surface area contributed by atoms with Crippen molar-refractivity contribution in [2.24, 2.45) is 5.41 Å². The maximum Gasteiger partial charge on any atom is 0.226 e. The Kier molecular flexibility index (Phi) is 5.86. The molecule has 22 heavy (non-hydrogen) atoms. The van der Waals surface area contributed by atoms with Crippen LogP contribution in [-0.4, -0.2) is 18.7 Å². The second-order valence-electron chi connectivity index (χ2n) is 5.91. The first-order valence-corrected chi connectivity index (χ1v) is 7.41. The van der Waals surface area contributed by atoms with Crippen LogP contribution >= 0.6 is 0 Å². The van der Waals surface area contributed by atoms with Crippen LogP contribution in [0.3, 0.4) is 0 Å². The third-order valence-electron chi connectivity index (χ3n) is 4.06. The molecule has 0 spiro atoms. The van der Waals surface area contributed by atoms with Crippen LogP contribution in [0.25, 0.3) is 0 Å². The molecule has 0 bridgehead atoms. The second-order valence-corrected chi connectivity index (χ2v) is 5.91. The molecule has 1 aromatic rings. The van der Waals surface area contributed by atoms with Gasteiger partial charge in [0.1, 0.15) is 0 Å². The zero-order valence-electron chi connectivity index (χ0n) is 14.1. The first kappa shape index (κ1) is 17.9. The molecule has 0 radical (unpaired) electrons. The molecule has 1 aromatic carbocycles. The molecule has 0 aliphatic carbocycles. The van der Waals surface area contributed by atoms with Gasteiger partial charge in [0.25, 0.3) is 0 Å². The van der Waals surface area contributed by atoms with Gasteiger partial charge in [0.05, 0.1) is 5.41 Å². The number of nitrogens with one attached hydrogen (secondary N) is 1. The van der Waals surface area contributed by atoms with Crippen LogP contribution in [-0.2, 0) is 4.79 Å². The predicted molar refractivity (Wildman–Crippen MR) is 91.0 cm³/mol. The van der Waals surface area contributed by atoms with E-state index in [0.717, 1.165) is 11.1 Å². The molecule has 0 saturated heterocycles. The van der Waals surface area contributed by atoms with Gasteiger partial charge in [-0.1, -0.05) is 50.8 Å². The van der Waals surface area contributed by atoms with Gasteiger partial charge in [0.15, 0.2) is 5.78 Å². The van der Waals surface area contributed by atoms with E-state index in [4.69, 9.17) is 0 Å². The number of benzene rings is 1. The maximum atomic E-state index is 12.4. The van der Waals surface area contributed by atoms with E-state index < -0.39 is 5.41 Å². The van der Waals surface area contributed by atoms with E-state index in [1.807, 2.05) is 45.0 Å². The van der Waals surface area contributed by atoms with E-state index in [-0.39, 0.29) is 17.6 Å². The van der Waals surface area contributed by atoms with E-state index in [1.54, 1.807) is 26.1 Å². The molecule has 0 fully saturated rings. The van der Waals surface area contributed by atoms with Gasteiger partial charge in [-0.3, -0.25) is 9.59 Å². The summed E-state index contributed by atoms with van der Waals surface area (Å²) in [5, 5.41) is 2.73. The minimum Gasteiger partial charge on any atom is -0.359 e. The van der Waals surface area contributed by atoms with Crippen LogP contribution in [0.5, 0.6) is 0 Å². The smallest absolute Gasteiger partial charge is 0.226 e. The Morgan fingerprint density at radius 1 is 1.32 bits per heavy atom. The molecule has 1 N–H and O–H groups in total. The standard InChI is InChI=1S/C19H25NO2/c1-7-14(8-2)17(19(4,5)18(22)20-6)16-11-9-10-15(12-16)13(3)21/h7-12,17H,1H2,2-6H3,(H,20,22)/b14-8+. The molecule has 1 amide bonds. The number of hydrogen-bond donors (Lipinski definition) is 1. The largest absolute Gasteiger partial charge is 0.359 e. The molecule has 1 rings (SSSR count). The summed E-state index contributed by atoms with van der Waals surface area (Å²) in [5.41, 5.74) is 1.89. The molecule has 0 aliphatic rings. The molecule has 0 aromatic heterocycles. The first-order chi connectivity index (χ1) is 10.3. The topological polar surface area (TPSA) is 46.2 Å². The zero-order chi connectivity index (χ0) is 16.9. The Hall–Kier alpha value is -2.16. The van der Waals surface area contributed by atoms with E-state index in [9.17, 15) is 9.59 Å². The summed E-state index contributed by atoms with van der Waals surface area (Å²) in [7, 11) is 1.64. The summed E-state index contributed by atoms with van der Waals surface area (Å²) in [4.78, 5) is 24.0. The second kappa shape index (κ2) is 7.21. The molecule has 118 valence electrons. The number of allylic oxidation sites excluding steroid dienone is 3. The van der Waals surface area contributed by atoms with E-state index in [2.05, 4.69) is 11.9 Å². The summed E-state index contributed by atoms with van der Waals surface area (Å²) in [6, 6.07) is 7.47. The van der Waals surface area contributed by atoms with Gasteiger partial charge in [-0.2, -0.15) is 0 Å². The minimum atomic E-state index is -0.666. The van der Waals surface area contributed by atoms with Crippen molar-refractivity contribution in [2.45, 2.75) is 33.6 Å². The van der Waals surface area contributed by atoms with E-state index in [1.165, 1.54) is 0 Å². The fourth-order valence-corrected chi connectivity index (χ4v) is 2.82. The highest BCUT2D eigenvalue weighted by atomic mass is 16.2. The van der Waals surface area contributed by atoms with Crippen molar-refractivity contribution in [2.75, 3.05) is 7.05 Å². The number of ketones is 1. The first-order valence-electron chi connectivity index (χ1n) is 7.41. The quantitative estimate of drug-likeness (QED) is 0.640. The van der Waals surface area contributed by atoms with E-state index in [0.29, 0.717) is 5.56 Å². The highest BCUT2D eigenvalue weighted by Gasteiger charge is 2.38. The lowest BCUT2D eigenvalue weighted by molar-refractivity contribution is -0.129. The van der Waals surface area contributed by atoms with Crippen molar-refractivity contribution in [1.29, 1.82) is 0 Å². The Morgan fingerprint density at radius 3 is 2.41 bits per heavy atom.